The average Bonchev–Trinajstić information content (AvgIpc) is 2.93. The lowest BCUT2D eigenvalue weighted by atomic mass is 10.2. The first-order valence-corrected chi connectivity index (χ1v) is 7.36. The Bertz CT molecular complexity index is 871. The number of hydrogen-bond acceptors (Lipinski definition) is 5. The van der Waals surface area contributed by atoms with Crippen LogP contribution < -0.4 is 0 Å². The van der Waals surface area contributed by atoms with Crippen molar-refractivity contribution in [1.29, 1.82) is 0 Å². The van der Waals surface area contributed by atoms with Gasteiger partial charge >= 0.3 is 5.97 Å². The number of fused-ring (bicyclic) bond motifs is 1. The molecule has 23 heavy (non-hydrogen) atoms. The molecule has 2 aromatic heterocycles. The third-order valence-electron chi connectivity index (χ3n) is 3.54. The molecule has 1 aromatic carbocycles. The molecule has 0 atom stereocenters. The van der Waals surface area contributed by atoms with Gasteiger partial charge in [-0.15, -0.1) is 0 Å². The van der Waals surface area contributed by atoms with Crippen molar-refractivity contribution < 1.29 is 14.6 Å². The number of ether oxygens (including phenoxy) is 1. The molecule has 3 aromatic rings. The molecule has 1 N–H and O–H groups in total. The number of carbonyl (C=O) groups excluding carboxylic acids is 1. The second-order valence-corrected chi connectivity index (χ2v) is 5.21. The van der Waals surface area contributed by atoms with E-state index in [1.807, 2.05) is 17.6 Å². The number of esters is 1. The van der Waals surface area contributed by atoms with E-state index in [-0.39, 0.29) is 11.7 Å². The minimum Gasteiger partial charge on any atom is -0.506 e. The highest BCUT2D eigenvalue weighted by molar-refractivity contribution is 5.93. The van der Waals surface area contributed by atoms with Crippen molar-refractivity contribution in [1.82, 2.24) is 14.5 Å². The monoisotopic (exact) mass is 311 g/mol. The van der Waals surface area contributed by atoms with E-state index in [9.17, 15) is 9.90 Å². The van der Waals surface area contributed by atoms with Crippen LogP contribution in [0.4, 0.5) is 0 Å². The van der Waals surface area contributed by atoms with Gasteiger partial charge < -0.3 is 14.4 Å². The molecular formula is C17H17N3O3. The van der Waals surface area contributed by atoms with Gasteiger partial charge in [0.2, 0.25) is 0 Å². The summed E-state index contributed by atoms with van der Waals surface area (Å²) in [5.41, 5.74) is 3.45. The summed E-state index contributed by atoms with van der Waals surface area (Å²) in [5.74, 6) is -0.206. The molecular weight excluding hydrogens is 294 g/mol. The lowest BCUT2D eigenvalue weighted by Gasteiger charge is -2.07. The van der Waals surface area contributed by atoms with Crippen LogP contribution in [0.15, 0.2) is 36.7 Å². The minimum atomic E-state index is -0.359. The first kappa shape index (κ1) is 15.0. The lowest BCUT2D eigenvalue weighted by molar-refractivity contribution is 0.0526. The third-order valence-corrected chi connectivity index (χ3v) is 3.54. The van der Waals surface area contributed by atoms with Gasteiger partial charge in [-0.05, 0) is 44.2 Å². The number of imidazole rings is 1. The molecule has 2 heterocycles. The molecule has 0 saturated carbocycles. The van der Waals surface area contributed by atoms with Crippen molar-refractivity contribution in [3.05, 3.63) is 53.6 Å². The Hall–Kier alpha value is -2.89. The summed E-state index contributed by atoms with van der Waals surface area (Å²) in [6.07, 6.45) is 1.67. The summed E-state index contributed by atoms with van der Waals surface area (Å²) in [7, 11) is 0. The van der Waals surface area contributed by atoms with Gasteiger partial charge in [-0.25, -0.2) is 9.78 Å². The van der Waals surface area contributed by atoms with Crippen LogP contribution in [0.2, 0.25) is 0 Å². The third kappa shape index (κ3) is 3.01. The summed E-state index contributed by atoms with van der Waals surface area (Å²) in [6, 6.07) is 8.63. The molecule has 118 valence electrons. The number of rotatable bonds is 4. The van der Waals surface area contributed by atoms with Crippen LogP contribution >= 0.6 is 0 Å². The topological polar surface area (TPSA) is 77.2 Å². The maximum absolute atomic E-state index is 11.8. The van der Waals surface area contributed by atoms with Crippen LogP contribution in [0.3, 0.4) is 0 Å². The highest BCUT2D eigenvalue weighted by atomic mass is 16.5. The number of carbonyl (C=O) groups is 1. The molecule has 0 radical (unpaired) electrons. The maximum atomic E-state index is 11.8. The fourth-order valence-electron chi connectivity index (χ4n) is 2.41. The summed E-state index contributed by atoms with van der Waals surface area (Å²) < 4.78 is 6.87. The van der Waals surface area contributed by atoms with E-state index >= 15 is 0 Å². The van der Waals surface area contributed by atoms with Crippen LogP contribution in [-0.4, -0.2) is 32.2 Å². The van der Waals surface area contributed by atoms with Crippen molar-refractivity contribution in [2.24, 2.45) is 0 Å². The Kier molecular flexibility index (Phi) is 3.97. The molecule has 0 saturated heterocycles. The van der Waals surface area contributed by atoms with Crippen LogP contribution in [0.5, 0.6) is 5.75 Å². The van der Waals surface area contributed by atoms with E-state index in [1.165, 1.54) is 0 Å². The molecule has 0 aliphatic carbocycles. The molecule has 0 bridgehead atoms. The molecule has 0 unspecified atom stereocenters. The Labute approximate surface area is 133 Å². The van der Waals surface area contributed by atoms with Crippen molar-refractivity contribution >= 4 is 17.0 Å². The lowest BCUT2D eigenvalue weighted by Crippen LogP contribution is -2.05. The van der Waals surface area contributed by atoms with E-state index in [2.05, 4.69) is 9.97 Å². The van der Waals surface area contributed by atoms with E-state index in [4.69, 9.17) is 4.74 Å². The van der Waals surface area contributed by atoms with Gasteiger partial charge in [0.05, 0.1) is 36.1 Å². The number of aromatic hydroxyl groups is 1. The summed E-state index contributed by atoms with van der Waals surface area (Å²) in [4.78, 5) is 20.4. The number of benzene rings is 1. The van der Waals surface area contributed by atoms with E-state index in [1.54, 1.807) is 37.5 Å². The number of hydrogen-bond donors (Lipinski definition) is 1. The Balaban J connectivity index is 1.94. The molecule has 0 amide bonds. The van der Waals surface area contributed by atoms with Crippen LogP contribution in [0.25, 0.3) is 11.0 Å². The minimum absolute atomic E-state index is 0.153. The van der Waals surface area contributed by atoms with Crippen molar-refractivity contribution in [3.8, 4) is 5.75 Å². The van der Waals surface area contributed by atoms with E-state index in [0.717, 1.165) is 11.2 Å². The first-order valence-electron chi connectivity index (χ1n) is 7.36. The number of nitrogens with zero attached hydrogens (tertiary/aromatic N) is 3. The zero-order valence-corrected chi connectivity index (χ0v) is 13.0. The standard InChI is InChI=1S/C17H17N3O3/c1-3-23-17(22)12-5-6-15-13(8-12)18-10-20(15)9-14-16(21)7-4-11(2)19-14/h4-8,10,21H,3,9H2,1-2H3. The average molecular weight is 311 g/mol. The number of pyridine rings is 1. The van der Waals surface area contributed by atoms with Gasteiger partial charge in [-0.2, -0.15) is 0 Å². The molecule has 6 nitrogen and oxygen atoms in total. The number of aryl methyl sites for hydroxylation is 1. The van der Waals surface area contributed by atoms with Gasteiger partial charge in [-0.3, -0.25) is 4.98 Å². The van der Waals surface area contributed by atoms with Crippen molar-refractivity contribution in [3.63, 3.8) is 0 Å². The van der Waals surface area contributed by atoms with Crippen molar-refractivity contribution in [2.75, 3.05) is 6.61 Å². The highest BCUT2D eigenvalue weighted by Crippen LogP contribution is 2.20. The van der Waals surface area contributed by atoms with E-state index < -0.39 is 0 Å². The first-order chi connectivity index (χ1) is 11.1. The zero-order valence-electron chi connectivity index (χ0n) is 13.0. The highest BCUT2D eigenvalue weighted by Gasteiger charge is 2.11. The molecule has 6 heteroatoms. The van der Waals surface area contributed by atoms with Gasteiger partial charge in [-0.1, -0.05) is 0 Å². The largest absolute Gasteiger partial charge is 0.506 e. The van der Waals surface area contributed by atoms with E-state index in [0.29, 0.717) is 29.9 Å². The second-order valence-electron chi connectivity index (χ2n) is 5.21. The maximum Gasteiger partial charge on any atom is 0.338 e. The molecule has 0 aliphatic heterocycles. The Morgan fingerprint density at radius 1 is 1.30 bits per heavy atom. The Morgan fingerprint density at radius 3 is 2.91 bits per heavy atom. The predicted molar refractivity (Wildman–Crippen MR) is 85.4 cm³/mol. The normalized spacial score (nSPS) is 10.9. The zero-order chi connectivity index (χ0) is 16.4. The van der Waals surface area contributed by atoms with Gasteiger partial charge in [0.1, 0.15) is 11.4 Å². The Morgan fingerprint density at radius 2 is 2.13 bits per heavy atom. The van der Waals surface area contributed by atoms with Gasteiger partial charge in [0.15, 0.2) is 0 Å². The SMILES string of the molecule is CCOC(=O)c1ccc2c(c1)ncn2Cc1nc(C)ccc1O. The predicted octanol–water partition coefficient (Wildman–Crippen LogP) is 2.67. The fourth-order valence-corrected chi connectivity index (χ4v) is 2.41. The molecule has 0 fully saturated rings. The van der Waals surface area contributed by atoms with Crippen LogP contribution in [0.1, 0.15) is 28.7 Å². The van der Waals surface area contributed by atoms with Gasteiger partial charge in [0, 0.05) is 5.69 Å². The second kappa shape index (κ2) is 6.08. The summed E-state index contributed by atoms with van der Waals surface area (Å²) >= 11 is 0. The molecule has 3 rings (SSSR count). The quantitative estimate of drug-likeness (QED) is 0.750. The van der Waals surface area contributed by atoms with Crippen LogP contribution in [-0.2, 0) is 11.3 Å². The summed E-state index contributed by atoms with van der Waals surface area (Å²) in [5, 5.41) is 9.92. The van der Waals surface area contributed by atoms with Crippen LogP contribution in [0, 0.1) is 6.92 Å². The fraction of sp³-hybridized carbons (Fsp3) is 0.235. The number of aromatic nitrogens is 3. The van der Waals surface area contributed by atoms with Gasteiger partial charge in [0.25, 0.3) is 0 Å². The molecule has 0 spiro atoms. The summed E-state index contributed by atoms with van der Waals surface area (Å²) in [6.45, 7) is 4.39. The molecule has 0 aliphatic rings. The smallest absolute Gasteiger partial charge is 0.338 e. The van der Waals surface area contributed by atoms with Crippen molar-refractivity contribution in [2.45, 2.75) is 20.4 Å².